The maximum atomic E-state index is 13.2. The molecule has 6 nitrogen and oxygen atoms in total. The molecule has 1 unspecified atom stereocenters. The lowest BCUT2D eigenvalue weighted by molar-refractivity contribution is -0.384. The number of non-ortho nitro benzene ring substituents is 1. The van der Waals surface area contributed by atoms with Crippen LogP contribution < -0.4 is 5.32 Å². The lowest BCUT2D eigenvalue weighted by Crippen LogP contribution is -2.42. The number of nitro benzene ring substituents is 1. The molecule has 4 rings (SSSR count). The van der Waals surface area contributed by atoms with Gasteiger partial charge in [0.1, 0.15) is 6.17 Å². The van der Waals surface area contributed by atoms with E-state index in [2.05, 4.69) is 5.32 Å². The van der Waals surface area contributed by atoms with Gasteiger partial charge in [-0.05, 0) is 23.8 Å². The number of benzene rings is 3. The van der Waals surface area contributed by atoms with E-state index >= 15 is 0 Å². The Morgan fingerprint density at radius 2 is 1.79 bits per heavy atom. The summed E-state index contributed by atoms with van der Waals surface area (Å²) in [5.41, 5.74) is 2.65. The van der Waals surface area contributed by atoms with Crippen LogP contribution in [0.15, 0.2) is 72.8 Å². The van der Waals surface area contributed by atoms with Crippen LogP contribution in [0, 0.1) is 10.1 Å². The molecule has 1 heterocycles. The summed E-state index contributed by atoms with van der Waals surface area (Å²) in [6.07, 6.45) is -0.557. The van der Waals surface area contributed by atoms with Crippen LogP contribution in [0.3, 0.4) is 0 Å². The number of nitrogens with one attached hydrogen (secondary N) is 1. The topological polar surface area (TPSA) is 75.5 Å². The van der Waals surface area contributed by atoms with E-state index in [9.17, 15) is 14.9 Å². The molecule has 140 valence electrons. The summed E-state index contributed by atoms with van der Waals surface area (Å²) in [7, 11) is 0. The number of anilines is 1. The third-order valence-corrected chi connectivity index (χ3v) is 5.09. The second-order valence-corrected chi connectivity index (χ2v) is 6.88. The molecule has 0 bridgehead atoms. The lowest BCUT2D eigenvalue weighted by Gasteiger charge is -2.38. The highest BCUT2D eigenvalue weighted by Crippen LogP contribution is 2.35. The number of carbonyl (C=O) groups is 1. The van der Waals surface area contributed by atoms with Crippen LogP contribution in [-0.4, -0.2) is 15.7 Å². The zero-order valence-corrected chi connectivity index (χ0v) is 15.5. The molecular weight excluding hydrogens is 378 g/mol. The number of halogens is 1. The molecule has 0 saturated carbocycles. The first-order valence-electron chi connectivity index (χ1n) is 8.69. The van der Waals surface area contributed by atoms with Crippen molar-refractivity contribution in [3.63, 3.8) is 0 Å². The SMILES string of the molecule is O=C1c2ccccc2NC(c2cccc([N+](=O)[O-])c2)N1Cc1ccccc1Cl. The minimum atomic E-state index is -0.557. The smallest absolute Gasteiger partial charge is 0.269 e. The fraction of sp³-hybridized carbons (Fsp3) is 0.0952. The summed E-state index contributed by atoms with van der Waals surface area (Å²) in [5.74, 6) is -0.161. The molecule has 1 aliphatic rings. The molecule has 0 aliphatic carbocycles. The minimum absolute atomic E-state index is 0.0247. The standard InChI is InChI=1S/C21H16ClN3O3/c22-18-10-3-1-6-15(18)13-24-20(14-7-5-8-16(12-14)25(27)28)23-19-11-4-2-9-17(19)21(24)26/h1-12,20,23H,13H2. The van der Waals surface area contributed by atoms with Crippen molar-refractivity contribution in [2.45, 2.75) is 12.7 Å². The lowest BCUT2D eigenvalue weighted by atomic mass is 10.0. The number of fused-ring (bicyclic) bond motifs is 1. The number of hydrogen-bond acceptors (Lipinski definition) is 4. The molecule has 28 heavy (non-hydrogen) atoms. The van der Waals surface area contributed by atoms with Gasteiger partial charge < -0.3 is 10.2 Å². The molecule has 1 atom stereocenters. The number of nitro groups is 1. The van der Waals surface area contributed by atoms with Crippen molar-refractivity contribution in [3.05, 3.63) is 105 Å². The van der Waals surface area contributed by atoms with Crippen LogP contribution in [0.25, 0.3) is 0 Å². The number of amides is 1. The average molecular weight is 394 g/mol. The predicted octanol–water partition coefficient (Wildman–Crippen LogP) is 5.01. The average Bonchev–Trinajstić information content (AvgIpc) is 2.71. The van der Waals surface area contributed by atoms with E-state index in [0.29, 0.717) is 21.8 Å². The Bertz CT molecular complexity index is 1070. The molecule has 0 saturated heterocycles. The van der Waals surface area contributed by atoms with Gasteiger partial charge in [0.05, 0.1) is 10.5 Å². The molecule has 3 aromatic carbocycles. The van der Waals surface area contributed by atoms with Gasteiger partial charge in [-0.1, -0.05) is 54.1 Å². The van der Waals surface area contributed by atoms with Crippen molar-refractivity contribution in [2.24, 2.45) is 0 Å². The van der Waals surface area contributed by atoms with E-state index in [1.165, 1.54) is 12.1 Å². The van der Waals surface area contributed by atoms with Crippen LogP contribution >= 0.6 is 11.6 Å². The minimum Gasteiger partial charge on any atom is -0.361 e. The van der Waals surface area contributed by atoms with Gasteiger partial charge in [0, 0.05) is 35.0 Å². The van der Waals surface area contributed by atoms with Gasteiger partial charge >= 0.3 is 0 Å². The van der Waals surface area contributed by atoms with E-state index in [-0.39, 0.29) is 18.1 Å². The van der Waals surface area contributed by atoms with Crippen LogP contribution in [0.1, 0.15) is 27.7 Å². The van der Waals surface area contributed by atoms with Crippen LogP contribution in [0.4, 0.5) is 11.4 Å². The maximum absolute atomic E-state index is 13.2. The van der Waals surface area contributed by atoms with E-state index in [4.69, 9.17) is 11.6 Å². The first-order valence-corrected chi connectivity index (χ1v) is 9.06. The predicted molar refractivity (Wildman–Crippen MR) is 107 cm³/mol. The van der Waals surface area contributed by atoms with Gasteiger partial charge in [-0.2, -0.15) is 0 Å². The van der Waals surface area contributed by atoms with Gasteiger partial charge in [-0.3, -0.25) is 14.9 Å². The monoisotopic (exact) mass is 393 g/mol. The van der Waals surface area contributed by atoms with Crippen molar-refractivity contribution in [3.8, 4) is 0 Å². The maximum Gasteiger partial charge on any atom is 0.269 e. The number of hydrogen-bond donors (Lipinski definition) is 1. The fourth-order valence-corrected chi connectivity index (χ4v) is 3.53. The fourth-order valence-electron chi connectivity index (χ4n) is 3.34. The first kappa shape index (κ1) is 18.0. The summed E-state index contributed by atoms with van der Waals surface area (Å²) in [4.78, 5) is 25.6. The Labute approximate surface area is 166 Å². The molecule has 1 amide bonds. The molecule has 1 aliphatic heterocycles. The largest absolute Gasteiger partial charge is 0.361 e. The molecule has 0 spiro atoms. The number of para-hydroxylation sites is 1. The van der Waals surface area contributed by atoms with Gasteiger partial charge in [-0.15, -0.1) is 0 Å². The Morgan fingerprint density at radius 3 is 2.57 bits per heavy atom. The second kappa shape index (κ2) is 7.32. The van der Waals surface area contributed by atoms with Crippen LogP contribution in [0.5, 0.6) is 0 Å². The van der Waals surface area contributed by atoms with Crippen molar-refractivity contribution in [1.82, 2.24) is 4.90 Å². The summed E-state index contributed by atoms with van der Waals surface area (Å²) < 4.78 is 0. The van der Waals surface area contributed by atoms with Crippen molar-refractivity contribution in [2.75, 3.05) is 5.32 Å². The molecule has 0 aromatic heterocycles. The zero-order valence-electron chi connectivity index (χ0n) is 14.7. The normalized spacial score (nSPS) is 15.7. The highest BCUT2D eigenvalue weighted by molar-refractivity contribution is 6.31. The van der Waals surface area contributed by atoms with Crippen molar-refractivity contribution >= 4 is 28.9 Å². The number of rotatable bonds is 4. The summed E-state index contributed by atoms with van der Waals surface area (Å²) in [5, 5.41) is 15.1. The van der Waals surface area contributed by atoms with Crippen molar-refractivity contribution < 1.29 is 9.72 Å². The molecule has 3 aromatic rings. The molecular formula is C21H16ClN3O3. The summed E-state index contributed by atoms with van der Waals surface area (Å²) in [6, 6.07) is 20.9. The third-order valence-electron chi connectivity index (χ3n) is 4.72. The Balaban J connectivity index is 1.79. The molecule has 0 fully saturated rings. The quantitative estimate of drug-likeness (QED) is 0.499. The van der Waals surface area contributed by atoms with E-state index in [1.54, 1.807) is 35.2 Å². The number of carbonyl (C=O) groups excluding carboxylic acids is 1. The van der Waals surface area contributed by atoms with E-state index in [0.717, 1.165) is 5.56 Å². The molecule has 7 heteroatoms. The van der Waals surface area contributed by atoms with Gasteiger partial charge in [-0.25, -0.2) is 0 Å². The highest BCUT2D eigenvalue weighted by atomic mass is 35.5. The summed E-state index contributed by atoms with van der Waals surface area (Å²) >= 11 is 6.30. The first-order chi connectivity index (χ1) is 13.5. The highest BCUT2D eigenvalue weighted by Gasteiger charge is 2.33. The second-order valence-electron chi connectivity index (χ2n) is 6.47. The Hall–Kier alpha value is -3.38. The van der Waals surface area contributed by atoms with Crippen molar-refractivity contribution in [1.29, 1.82) is 0 Å². The van der Waals surface area contributed by atoms with E-state index in [1.807, 2.05) is 30.3 Å². The van der Waals surface area contributed by atoms with Gasteiger partial charge in [0.15, 0.2) is 0 Å². The number of nitrogens with zero attached hydrogens (tertiary/aromatic N) is 2. The molecule has 1 N–H and O–H groups in total. The zero-order chi connectivity index (χ0) is 19.7. The van der Waals surface area contributed by atoms with Gasteiger partial charge in [0.25, 0.3) is 11.6 Å². The van der Waals surface area contributed by atoms with E-state index < -0.39 is 11.1 Å². The third kappa shape index (κ3) is 3.30. The molecule has 0 radical (unpaired) electrons. The van der Waals surface area contributed by atoms with Gasteiger partial charge in [0.2, 0.25) is 0 Å². The van der Waals surface area contributed by atoms with Crippen LogP contribution in [0.2, 0.25) is 5.02 Å². The Kier molecular flexibility index (Phi) is 4.71. The Morgan fingerprint density at radius 1 is 1.04 bits per heavy atom. The summed E-state index contributed by atoms with van der Waals surface area (Å²) in [6.45, 7) is 0.271. The van der Waals surface area contributed by atoms with Crippen LogP contribution in [-0.2, 0) is 6.54 Å².